The molecule has 0 radical (unpaired) electrons. The van der Waals surface area contributed by atoms with E-state index in [-0.39, 0.29) is 5.78 Å². The number of hydrogen-bond donors (Lipinski definition) is 1. The van der Waals surface area contributed by atoms with Gasteiger partial charge in [0, 0.05) is 6.54 Å². The molecule has 1 aliphatic rings. The minimum atomic E-state index is 0.145. The van der Waals surface area contributed by atoms with Crippen LogP contribution in [0.5, 0.6) is 0 Å². The molecule has 0 aromatic carbocycles. The fourth-order valence-corrected chi connectivity index (χ4v) is 1.11. The largest absolute Gasteiger partial charge is 0.316 e. The summed E-state index contributed by atoms with van der Waals surface area (Å²) in [6, 6.07) is 0. The first-order valence-corrected chi connectivity index (χ1v) is 3.68. The Bertz CT molecular complexity index is 145. The van der Waals surface area contributed by atoms with Crippen molar-refractivity contribution >= 4 is 5.78 Å². The van der Waals surface area contributed by atoms with Gasteiger partial charge in [0.05, 0.1) is 0 Å². The van der Waals surface area contributed by atoms with E-state index in [2.05, 4.69) is 5.32 Å². The van der Waals surface area contributed by atoms with Crippen LogP contribution in [0.3, 0.4) is 0 Å². The zero-order valence-electron chi connectivity index (χ0n) is 6.26. The molecule has 0 aliphatic carbocycles. The van der Waals surface area contributed by atoms with Crippen LogP contribution < -0.4 is 5.32 Å². The summed E-state index contributed by atoms with van der Waals surface area (Å²) in [4.78, 5) is 10.5. The Morgan fingerprint density at radius 1 is 1.70 bits per heavy atom. The van der Waals surface area contributed by atoms with E-state index in [9.17, 15) is 4.79 Å². The molecule has 0 spiro atoms. The third-order valence-electron chi connectivity index (χ3n) is 1.70. The lowest BCUT2D eigenvalue weighted by Crippen LogP contribution is -2.07. The summed E-state index contributed by atoms with van der Waals surface area (Å²) < 4.78 is 0. The molecule has 1 fully saturated rings. The van der Waals surface area contributed by atoms with E-state index in [1.165, 1.54) is 6.42 Å². The molecular formula is C8H13NO. The van der Waals surface area contributed by atoms with Crippen LogP contribution in [0.1, 0.15) is 13.3 Å². The van der Waals surface area contributed by atoms with Crippen molar-refractivity contribution in [2.45, 2.75) is 13.3 Å². The molecule has 1 aliphatic heterocycles. The van der Waals surface area contributed by atoms with Crippen LogP contribution in [-0.4, -0.2) is 18.9 Å². The maximum atomic E-state index is 10.5. The van der Waals surface area contributed by atoms with Gasteiger partial charge in [0.15, 0.2) is 5.78 Å². The number of carbonyl (C=O) groups excluding carboxylic acids is 1. The highest BCUT2D eigenvalue weighted by Gasteiger charge is 2.09. The molecule has 10 heavy (non-hydrogen) atoms. The predicted octanol–water partition coefficient (Wildman–Crippen LogP) is 0.741. The zero-order valence-corrected chi connectivity index (χ0v) is 6.26. The van der Waals surface area contributed by atoms with Crippen LogP contribution in [0, 0.1) is 5.92 Å². The number of hydrogen-bond acceptors (Lipinski definition) is 2. The van der Waals surface area contributed by atoms with Crippen LogP contribution in [-0.2, 0) is 4.79 Å². The van der Waals surface area contributed by atoms with Crippen LogP contribution in [0.15, 0.2) is 12.2 Å². The first-order valence-electron chi connectivity index (χ1n) is 3.68. The molecular weight excluding hydrogens is 126 g/mol. The highest BCUT2D eigenvalue weighted by atomic mass is 16.1. The highest BCUT2D eigenvalue weighted by Crippen LogP contribution is 2.08. The summed E-state index contributed by atoms with van der Waals surface area (Å²) in [5.41, 5.74) is 0. The van der Waals surface area contributed by atoms with Gasteiger partial charge in [-0.25, -0.2) is 0 Å². The molecule has 2 nitrogen and oxygen atoms in total. The van der Waals surface area contributed by atoms with Crippen molar-refractivity contribution < 1.29 is 4.79 Å². The van der Waals surface area contributed by atoms with Crippen LogP contribution in [0.4, 0.5) is 0 Å². The number of rotatable bonds is 2. The van der Waals surface area contributed by atoms with Gasteiger partial charge >= 0.3 is 0 Å². The zero-order chi connectivity index (χ0) is 7.40. The van der Waals surface area contributed by atoms with Gasteiger partial charge in [-0.3, -0.25) is 4.79 Å². The molecule has 0 aromatic heterocycles. The summed E-state index contributed by atoms with van der Waals surface area (Å²) >= 11 is 0. The lowest BCUT2D eigenvalue weighted by atomic mass is 10.1. The van der Waals surface area contributed by atoms with E-state index in [4.69, 9.17) is 0 Å². The van der Waals surface area contributed by atoms with Gasteiger partial charge in [-0.1, -0.05) is 6.08 Å². The van der Waals surface area contributed by atoms with Gasteiger partial charge in [-0.15, -0.1) is 0 Å². The lowest BCUT2D eigenvalue weighted by Gasteiger charge is -1.96. The number of nitrogens with one attached hydrogen (secondary N) is 1. The highest BCUT2D eigenvalue weighted by molar-refractivity contribution is 5.87. The maximum absolute atomic E-state index is 10.5. The smallest absolute Gasteiger partial charge is 0.152 e. The minimum absolute atomic E-state index is 0.145. The molecule has 2 heteroatoms. The summed E-state index contributed by atoms with van der Waals surface area (Å²) in [5, 5.41) is 3.23. The fourth-order valence-electron chi connectivity index (χ4n) is 1.11. The standard InChI is InChI=1S/C8H13NO/c1-7(10)2-3-8-4-5-9-6-8/h2-3,8-9H,4-6H2,1H3/b3-2+. The maximum Gasteiger partial charge on any atom is 0.152 e. The molecule has 0 saturated carbocycles. The van der Waals surface area contributed by atoms with Gasteiger partial charge < -0.3 is 5.32 Å². The van der Waals surface area contributed by atoms with Gasteiger partial charge in [-0.2, -0.15) is 0 Å². The molecule has 0 bridgehead atoms. The Morgan fingerprint density at radius 3 is 3.00 bits per heavy atom. The average Bonchev–Trinajstić information content (AvgIpc) is 2.34. The second-order valence-electron chi connectivity index (χ2n) is 2.72. The summed E-state index contributed by atoms with van der Waals surface area (Å²) in [5.74, 6) is 0.732. The van der Waals surface area contributed by atoms with Crippen molar-refractivity contribution in [3.8, 4) is 0 Å². The first-order chi connectivity index (χ1) is 4.79. The normalized spacial score (nSPS) is 25.9. The van der Waals surface area contributed by atoms with E-state index >= 15 is 0 Å². The monoisotopic (exact) mass is 139 g/mol. The minimum Gasteiger partial charge on any atom is -0.316 e. The Kier molecular flexibility index (Phi) is 2.63. The molecule has 1 atom stereocenters. The Morgan fingerprint density at radius 2 is 2.50 bits per heavy atom. The fraction of sp³-hybridized carbons (Fsp3) is 0.625. The molecule has 1 saturated heterocycles. The van der Waals surface area contributed by atoms with Crippen molar-refractivity contribution in [2.75, 3.05) is 13.1 Å². The number of carbonyl (C=O) groups is 1. The van der Waals surface area contributed by atoms with Crippen molar-refractivity contribution in [1.29, 1.82) is 0 Å². The van der Waals surface area contributed by atoms with Gasteiger partial charge in [0.25, 0.3) is 0 Å². The Hall–Kier alpha value is -0.630. The molecule has 1 heterocycles. The molecule has 1 unspecified atom stereocenters. The number of allylic oxidation sites excluding steroid dienone is 1. The van der Waals surface area contributed by atoms with Crippen molar-refractivity contribution in [3.05, 3.63) is 12.2 Å². The van der Waals surface area contributed by atoms with Crippen LogP contribution in [0.25, 0.3) is 0 Å². The van der Waals surface area contributed by atoms with E-state index in [1.807, 2.05) is 6.08 Å². The third-order valence-corrected chi connectivity index (χ3v) is 1.70. The summed E-state index contributed by atoms with van der Waals surface area (Å²) in [6.45, 7) is 3.70. The molecule has 0 amide bonds. The third kappa shape index (κ3) is 2.31. The van der Waals surface area contributed by atoms with Gasteiger partial charge in [0.2, 0.25) is 0 Å². The summed E-state index contributed by atoms with van der Waals surface area (Å²) in [6.07, 6.45) is 4.84. The molecule has 0 aromatic rings. The number of ketones is 1. The van der Waals surface area contributed by atoms with E-state index in [0.29, 0.717) is 5.92 Å². The van der Waals surface area contributed by atoms with Crippen molar-refractivity contribution in [1.82, 2.24) is 5.32 Å². The van der Waals surface area contributed by atoms with E-state index < -0.39 is 0 Å². The second kappa shape index (κ2) is 3.52. The lowest BCUT2D eigenvalue weighted by molar-refractivity contribution is -0.112. The second-order valence-corrected chi connectivity index (χ2v) is 2.72. The average molecular weight is 139 g/mol. The molecule has 56 valence electrons. The van der Waals surface area contributed by atoms with Gasteiger partial charge in [-0.05, 0) is 31.9 Å². The van der Waals surface area contributed by atoms with Crippen LogP contribution >= 0.6 is 0 Å². The molecule has 1 rings (SSSR count). The Balaban J connectivity index is 2.29. The van der Waals surface area contributed by atoms with Gasteiger partial charge in [0.1, 0.15) is 0 Å². The predicted molar refractivity (Wildman–Crippen MR) is 40.8 cm³/mol. The molecule has 1 N–H and O–H groups in total. The van der Waals surface area contributed by atoms with Crippen LogP contribution in [0.2, 0.25) is 0 Å². The van der Waals surface area contributed by atoms with E-state index in [1.54, 1.807) is 13.0 Å². The topological polar surface area (TPSA) is 29.1 Å². The Labute approximate surface area is 61.3 Å². The van der Waals surface area contributed by atoms with Crippen molar-refractivity contribution in [3.63, 3.8) is 0 Å². The van der Waals surface area contributed by atoms with E-state index in [0.717, 1.165) is 13.1 Å². The van der Waals surface area contributed by atoms with Crippen molar-refractivity contribution in [2.24, 2.45) is 5.92 Å². The SMILES string of the molecule is CC(=O)/C=C/C1CCNC1. The summed E-state index contributed by atoms with van der Waals surface area (Å²) in [7, 11) is 0. The first kappa shape index (κ1) is 7.48. The quantitative estimate of drug-likeness (QED) is 0.572.